The number of H-pyrrole nitrogens is 1. The van der Waals surface area contributed by atoms with E-state index in [0.29, 0.717) is 11.6 Å². The summed E-state index contributed by atoms with van der Waals surface area (Å²) in [6, 6.07) is 12.2. The lowest BCUT2D eigenvalue weighted by Crippen LogP contribution is -2.62. The van der Waals surface area contributed by atoms with Gasteiger partial charge in [0.1, 0.15) is 5.82 Å². The lowest BCUT2D eigenvalue weighted by Gasteiger charge is -2.57. The zero-order valence-electron chi connectivity index (χ0n) is 19.1. The van der Waals surface area contributed by atoms with Crippen LogP contribution in [0.3, 0.4) is 0 Å². The Morgan fingerprint density at radius 2 is 1.71 bits per heavy atom. The van der Waals surface area contributed by atoms with Crippen LogP contribution >= 0.6 is 11.6 Å². The molecule has 4 bridgehead atoms. The van der Waals surface area contributed by atoms with Crippen molar-refractivity contribution in [2.24, 2.45) is 17.8 Å². The van der Waals surface area contributed by atoms with Crippen LogP contribution < -0.4 is 5.32 Å². The second kappa shape index (κ2) is 7.48. The van der Waals surface area contributed by atoms with E-state index in [4.69, 9.17) is 11.6 Å². The SMILES string of the molecule is O=C(NC12CC3CC(CC(C3)C1)C2)N1CCc2c([nH]c3ccc(Cl)cc23)C1c1ccc(F)cc1. The average Bonchev–Trinajstić information content (AvgIpc) is 3.16. The number of aromatic amines is 1. The number of rotatable bonds is 2. The predicted molar refractivity (Wildman–Crippen MR) is 131 cm³/mol. The number of hydrogen-bond acceptors (Lipinski definition) is 1. The van der Waals surface area contributed by atoms with E-state index in [1.807, 2.05) is 23.1 Å². The predicted octanol–water partition coefficient (Wildman–Crippen LogP) is 6.59. The highest BCUT2D eigenvalue weighted by Gasteiger charge is 2.52. The monoisotopic (exact) mass is 477 g/mol. The van der Waals surface area contributed by atoms with Crippen molar-refractivity contribution in [3.8, 4) is 0 Å². The van der Waals surface area contributed by atoms with Crippen molar-refractivity contribution in [2.75, 3.05) is 6.54 Å². The lowest BCUT2D eigenvalue weighted by molar-refractivity contribution is -0.0163. The first-order valence-electron chi connectivity index (χ1n) is 12.6. The number of halogens is 2. The van der Waals surface area contributed by atoms with Crippen LogP contribution in [0.5, 0.6) is 0 Å². The summed E-state index contributed by atoms with van der Waals surface area (Å²) in [4.78, 5) is 19.5. The van der Waals surface area contributed by atoms with Gasteiger partial charge in [-0.05, 0) is 104 Å². The van der Waals surface area contributed by atoms with Gasteiger partial charge in [0, 0.05) is 33.7 Å². The molecule has 1 unspecified atom stereocenters. The molecule has 2 N–H and O–H groups in total. The number of benzene rings is 2. The molecule has 0 radical (unpaired) electrons. The molecular formula is C28H29ClFN3O. The van der Waals surface area contributed by atoms with Crippen LogP contribution in [0, 0.1) is 23.6 Å². The summed E-state index contributed by atoms with van der Waals surface area (Å²) in [5.41, 5.74) is 4.10. The van der Waals surface area contributed by atoms with Gasteiger partial charge >= 0.3 is 6.03 Å². The van der Waals surface area contributed by atoms with E-state index in [2.05, 4.69) is 10.3 Å². The smallest absolute Gasteiger partial charge is 0.318 e. The first-order chi connectivity index (χ1) is 16.5. The summed E-state index contributed by atoms with van der Waals surface area (Å²) >= 11 is 6.31. The molecule has 5 aliphatic rings. The highest BCUT2D eigenvalue weighted by molar-refractivity contribution is 6.31. The van der Waals surface area contributed by atoms with E-state index in [1.165, 1.54) is 37.0 Å². The Balaban J connectivity index is 1.27. The number of nitrogens with zero attached hydrogens (tertiary/aromatic N) is 1. The van der Waals surface area contributed by atoms with Gasteiger partial charge in [0.05, 0.1) is 6.04 Å². The zero-order chi connectivity index (χ0) is 23.0. The van der Waals surface area contributed by atoms with Gasteiger partial charge in [0.25, 0.3) is 0 Å². The van der Waals surface area contributed by atoms with Crippen molar-refractivity contribution in [1.82, 2.24) is 15.2 Å². The van der Waals surface area contributed by atoms with Crippen LogP contribution in [0.15, 0.2) is 42.5 Å². The number of carbonyl (C=O) groups excluding carboxylic acids is 1. The molecule has 1 aromatic heterocycles. The van der Waals surface area contributed by atoms with E-state index in [-0.39, 0.29) is 23.4 Å². The largest absolute Gasteiger partial charge is 0.356 e. The van der Waals surface area contributed by atoms with Gasteiger partial charge in [-0.3, -0.25) is 0 Å². The third-order valence-electron chi connectivity index (χ3n) is 8.95. The Morgan fingerprint density at radius 1 is 1.03 bits per heavy atom. The molecule has 6 heteroatoms. The van der Waals surface area contributed by atoms with Crippen LogP contribution in [-0.2, 0) is 6.42 Å². The topological polar surface area (TPSA) is 48.1 Å². The standard InChI is InChI=1S/C28H29ClFN3O/c29-20-3-6-24-23(12-20)22-7-8-33(26(25(22)31-24)19-1-4-21(30)5-2-19)27(34)32-28-13-16-9-17(14-28)11-18(10-16)15-28/h1-6,12,16-18,26,31H,7-11,13-15H2,(H,32,34). The van der Waals surface area contributed by atoms with Crippen LogP contribution in [0.25, 0.3) is 10.9 Å². The quantitative estimate of drug-likeness (QED) is 0.430. The average molecular weight is 478 g/mol. The zero-order valence-corrected chi connectivity index (χ0v) is 19.9. The van der Waals surface area contributed by atoms with Crippen molar-refractivity contribution in [2.45, 2.75) is 56.5 Å². The van der Waals surface area contributed by atoms with Gasteiger partial charge in [-0.2, -0.15) is 0 Å². The summed E-state index contributed by atoms with van der Waals surface area (Å²) in [6.07, 6.45) is 8.16. The fourth-order valence-corrected chi connectivity index (χ4v) is 8.21. The highest BCUT2D eigenvalue weighted by Crippen LogP contribution is 2.55. The van der Waals surface area contributed by atoms with Crippen molar-refractivity contribution in [3.05, 3.63) is 70.1 Å². The fourth-order valence-electron chi connectivity index (χ4n) is 8.03. The van der Waals surface area contributed by atoms with Gasteiger partial charge in [-0.25, -0.2) is 9.18 Å². The maximum absolute atomic E-state index is 13.9. The second-order valence-electron chi connectivity index (χ2n) is 11.2. The molecule has 4 nitrogen and oxygen atoms in total. The summed E-state index contributed by atoms with van der Waals surface area (Å²) in [6.45, 7) is 0.618. The molecule has 34 heavy (non-hydrogen) atoms. The minimum absolute atomic E-state index is 0.0126. The fraction of sp³-hybridized carbons (Fsp3) is 0.464. The Hall–Kier alpha value is -2.53. The van der Waals surface area contributed by atoms with E-state index >= 15 is 0 Å². The molecule has 1 aliphatic heterocycles. The molecule has 0 saturated heterocycles. The third-order valence-corrected chi connectivity index (χ3v) is 9.18. The maximum atomic E-state index is 13.9. The summed E-state index contributed by atoms with van der Waals surface area (Å²) in [5, 5.41) is 5.37. The van der Waals surface area contributed by atoms with Crippen molar-refractivity contribution < 1.29 is 9.18 Å². The summed E-state index contributed by atoms with van der Waals surface area (Å²) in [7, 11) is 0. The second-order valence-corrected chi connectivity index (χ2v) is 11.7. The Labute approximate surface area is 203 Å². The number of aromatic nitrogens is 1. The molecule has 2 heterocycles. The molecule has 0 spiro atoms. The molecule has 176 valence electrons. The molecular weight excluding hydrogens is 449 g/mol. The number of hydrogen-bond donors (Lipinski definition) is 2. The number of amides is 2. The molecule has 4 aliphatic carbocycles. The normalized spacial score (nSPS) is 31.6. The molecule has 4 saturated carbocycles. The Morgan fingerprint density at radius 3 is 2.38 bits per heavy atom. The van der Waals surface area contributed by atoms with Gasteiger partial charge in [-0.15, -0.1) is 0 Å². The van der Waals surface area contributed by atoms with Crippen molar-refractivity contribution in [1.29, 1.82) is 0 Å². The van der Waals surface area contributed by atoms with E-state index < -0.39 is 0 Å². The lowest BCUT2D eigenvalue weighted by atomic mass is 9.53. The van der Waals surface area contributed by atoms with Crippen LogP contribution in [0.4, 0.5) is 9.18 Å². The molecule has 1 atom stereocenters. The van der Waals surface area contributed by atoms with Crippen LogP contribution in [0.2, 0.25) is 5.02 Å². The number of urea groups is 1. The molecule has 3 aromatic rings. The Kier molecular flexibility index (Phi) is 4.58. The third kappa shape index (κ3) is 3.27. The highest BCUT2D eigenvalue weighted by atomic mass is 35.5. The van der Waals surface area contributed by atoms with Crippen molar-refractivity contribution >= 4 is 28.5 Å². The van der Waals surface area contributed by atoms with Gasteiger partial charge in [0.15, 0.2) is 0 Å². The van der Waals surface area contributed by atoms with Gasteiger partial charge < -0.3 is 15.2 Å². The molecule has 2 aromatic carbocycles. The maximum Gasteiger partial charge on any atom is 0.318 e. The Bertz CT molecular complexity index is 1250. The van der Waals surface area contributed by atoms with Crippen LogP contribution in [0.1, 0.15) is 61.4 Å². The summed E-state index contributed by atoms with van der Waals surface area (Å²) < 4.78 is 13.8. The minimum Gasteiger partial charge on any atom is -0.356 e. The van der Waals surface area contributed by atoms with E-state index in [9.17, 15) is 9.18 Å². The van der Waals surface area contributed by atoms with Crippen molar-refractivity contribution in [3.63, 3.8) is 0 Å². The van der Waals surface area contributed by atoms with Crippen LogP contribution in [-0.4, -0.2) is 28.0 Å². The van der Waals surface area contributed by atoms with Gasteiger partial charge in [0.2, 0.25) is 0 Å². The minimum atomic E-state index is -0.288. The molecule has 8 rings (SSSR count). The van der Waals surface area contributed by atoms with E-state index in [0.717, 1.165) is 65.6 Å². The molecule has 4 fully saturated rings. The first-order valence-corrected chi connectivity index (χ1v) is 13.0. The van der Waals surface area contributed by atoms with E-state index in [1.54, 1.807) is 12.1 Å². The number of fused-ring (bicyclic) bond motifs is 3. The van der Waals surface area contributed by atoms with Gasteiger partial charge in [-0.1, -0.05) is 23.7 Å². The number of nitrogens with one attached hydrogen (secondary N) is 2. The summed E-state index contributed by atoms with van der Waals surface area (Å²) in [5.74, 6) is 2.04. The first kappa shape index (κ1) is 20.8. The number of carbonyl (C=O) groups is 1. The molecule has 2 amide bonds.